The molecule has 78 valence electrons. The van der Waals surface area contributed by atoms with Crippen molar-refractivity contribution in [3.8, 4) is 11.1 Å². The summed E-state index contributed by atoms with van der Waals surface area (Å²) in [5.41, 5.74) is 3.27. The van der Waals surface area contributed by atoms with Crippen LogP contribution in [-0.2, 0) is 13.5 Å². The van der Waals surface area contributed by atoms with Crippen LogP contribution in [0.5, 0.6) is 0 Å². The molecule has 0 radical (unpaired) electrons. The molecule has 15 heavy (non-hydrogen) atoms. The molecule has 0 bridgehead atoms. The second kappa shape index (κ2) is 3.85. The quantitative estimate of drug-likeness (QED) is 0.735. The van der Waals surface area contributed by atoms with E-state index >= 15 is 0 Å². The lowest BCUT2D eigenvalue weighted by Crippen LogP contribution is -1.97. The molecule has 2 nitrogen and oxygen atoms in total. The summed E-state index contributed by atoms with van der Waals surface area (Å²) in [5.74, 6) is -0.208. The van der Waals surface area contributed by atoms with Gasteiger partial charge in [0.1, 0.15) is 5.82 Å². The summed E-state index contributed by atoms with van der Waals surface area (Å²) < 4.78 is 14.6. The van der Waals surface area contributed by atoms with Crippen LogP contribution in [0.3, 0.4) is 0 Å². The van der Waals surface area contributed by atoms with Gasteiger partial charge in [-0.05, 0) is 24.1 Å². The molecule has 0 aliphatic carbocycles. The second-order valence-corrected chi connectivity index (χ2v) is 3.49. The van der Waals surface area contributed by atoms with Gasteiger partial charge in [-0.1, -0.05) is 19.1 Å². The standard InChI is InChI=1S/C12H13FN2/c1-3-12-11(8-14-15(12)2)9-4-6-10(13)7-5-9/h4-8H,3H2,1-2H3. The number of hydrogen-bond donors (Lipinski definition) is 0. The molecule has 0 aliphatic rings. The minimum Gasteiger partial charge on any atom is -0.272 e. The van der Waals surface area contributed by atoms with Crippen LogP contribution in [0.2, 0.25) is 0 Å². The molecule has 2 aromatic rings. The highest BCUT2D eigenvalue weighted by Gasteiger charge is 2.08. The van der Waals surface area contributed by atoms with Gasteiger partial charge in [-0.3, -0.25) is 4.68 Å². The van der Waals surface area contributed by atoms with Gasteiger partial charge in [-0.25, -0.2) is 4.39 Å². The molecule has 0 spiro atoms. The van der Waals surface area contributed by atoms with Crippen LogP contribution in [0, 0.1) is 5.82 Å². The van der Waals surface area contributed by atoms with Gasteiger partial charge in [0.15, 0.2) is 0 Å². The molecule has 0 fully saturated rings. The van der Waals surface area contributed by atoms with Crippen LogP contribution in [-0.4, -0.2) is 9.78 Å². The van der Waals surface area contributed by atoms with Gasteiger partial charge in [0, 0.05) is 18.3 Å². The number of aryl methyl sites for hydroxylation is 1. The summed E-state index contributed by atoms with van der Waals surface area (Å²) in [6.07, 6.45) is 2.75. The fourth-order valence-corrected chi connectivity index (χ4v) is 1.75. The highest BCUT2D eigenvalue weighted by atomic mass is 19.1. The Balaban J connectivity index is 2.49. The molecule has 1 aromatic carbocycles. The van der Waals surface area contributed by atoms with Crippen LogP contribution in [0.4, 0.5) is 4.39 Å². The van der Waals surface area contributed by atoms with Gasteiger partial charge in [0.05, 0.1) is 6.20 Å². The summed E-state index contributed by atoms with van der Waals surface area (Å²) in [6.45, 7) is 2.09. The lowest BCUT2D eigenvalue weighted by atomic mass is 10.1. The van der Waals surface area contributed by atoms with E-state index in [9.17, 15) is 4.39 Å². The maximum atomic E-state index is 12.8. The van der Waals surface area contributed by atoms with E-state index in [0.29, 0.717) is 0 Å². The monoisotopic (exact) mass is 204 g/mol. The Bertz CT molecular complexity index is 457. The lowest BCUT2D eigenvalue weighted by molar-refractivity contribution is 0.628. The molecule has 0 N–H and O–H groups in total. The second-order valence-electron chi connectivity index (χ2n) is 3.49. The third kappa shape index (κ3) is 1.77. The van der Waals surface area contributed by atoms with Crippen molar-refractivity contribution in [2.45, 2.75) is 13.3 Å². The van der Waals surface area contributed by atoms with Crippen LogP contribution in [0.25, 0.3) is 11.1 Å². The Morgan fingerprint density at radius 3 is 2.53 bits per heavy atom. The first-order chi connectivity index (χ1) is 7.22. The number of halogens is 1. The molecule has 0 atom stereocenters. The van der Waals surface area contributed by atoms with Crippen molar-refractivity contribution >= 4 is 0 Å². The first-order valence-electron chi connectivity index (χ1n) is 4.99. The summed E-state index contributed by atoms with van der Waals surface area (Å²) in [6, 6.07) is 6.51. The van der Waals surface area contributed by atoms with Crippen molar-refractivity contribution in [3.05, 3.63) is 42.0 Å². The predicted molar refractivity (Wildman–Crippen MR) is 58.0 cm³/mol. The molecule has 0 saturated carbocycles. The molecule has 1 aromatic heterocycles. The molecular weight excluding hydrogens is 191 g/mol. The first kappa shape index (κ1) is 9.90. The molecular formula is C12H13FN2. The summed E-state index contributed by atoms with van der Waals surface area (Å²) in [7, 11) is 1.92. The molecule has 3 heteroatoms. The van der Waals surface area contributed by atoms with E-state index in [-0.39, 0.29) is 5.82 Å². The predicted octanol–water partition coefficient (Wildman–Crippen LogP) is 2.79. The van der Waals surface area contributed by atoms with E-state index in [1.165, 1.54) is 17.8 Å². The van der Waals surface area contributed by atoms with E-state index < -0.39 is 0 Å². The molecule has 1 heterocycles. The third-order valence-corrected chi connectivity index (χ3v) is 2.55. The number of hydrogen-bond acceptors (Lipinski definition) is 1. The summed E-state index contributed by atoms with van der Waals surface area (Å²) in [4.78, 5) is 0. The minimum atomic E-state index is -0.208. The van der Waals surface area contributed by atoms with Crippen LogP contribution in [0.15, 0.2) is 30.5 Å². The lowest BCUT2D eigenvalue weighted by Gasteiger charge is -2.03. The van der Waals surface area contributed by atoms with Gasteiger partial charge in [-0.15, -0.1) is 0 Å². The van der Waals surface area contributed by atoms with Crippen molar-refractivity contribution in [2.75, 3.05) is 0 Å². The van der Waals surface area contributed by atoms with E-state index in [4.69, 9.17) is 0 Å². The Hall–Kier alpha value is -1.64. The van der Waals surface area contributed by atoms with Gasteiger partial charge in [0.2, 0.25) is 0 Å². The Morgan fingerprint density at radius 1 is 1.27 bits per heavy atom. The smallest absolute Gasteiger partial charge is 0.123 e. The zero-order valence-electron chi connectivity index (χ0n) is 8.87. The normalized spacial score (nSPS) is 10.6. The highest BCUT2D eigenvalue weighted by Crippen LogP contribution is 2.23. The van der Waals surface area contributed by atoms with Crippen molar-refractivity contribution in [1.82, 2.24) is 9.78 Å². The number of nitrogens with zero attached hydrogens (tertiary/aromatic N) is 2. The maximum Gasteiger partial charge on any atom is 0.123 e. The van der Waals surface area contributed by atoms with E-state index in [0.717, 1.165) is 17.5 Å². The first-order valence-corrected chi connectivity index (χ1v) is 4.99. The fraction of sp³-hybridized carbons (Fsp3) is 0.250. The van der Waals surface area contributed by atoms with Gasteiger partial charge in [0.25, 0.3) is 0 Å². The third-order valence-electron chi connectivity index (χ3n) is 2.55. The largest absolute Gasteiger partial charge is 0.272 e. The number of benzene rings is 1. The van der Waals surface area contributed by atoms with Crippen LogP contribution in [0.1, 0.15) is 12.6 Å². The molecule has 0 amide bonds. The Morgan fingerprint density at radius 2 is 1.93 bits per heavy atom. The topological polar surface area (TPSA) is 17.8 Å². The maximum absolute atomic E-state index is 12.8. The van der Waals surface area contributed by atoms with Crippen molar-refractivity contribution < 1.29 is 4.39 Å². The van der Waals surface area contributed by atoms with Crippen molar-refractivity contribution in [3.63, 3.8) is 0 Å². The zero-order chi connectivity index (χ0) is 10.8. The van der Waals surface area contributed by atoms with Gasteiger partial charge < -0.3 is 0 Å². The van der Waals surface area contributed by atoms with Crippen LogP contribution < -0.4 is 0 Å². The average Bonchev–Trinajstić information content (AvgIpc) is 2.61. The van der Waals surface area contributed by atoms with E-state index in [2.05, 4.69) is 12.0 Å². The van der Waals surface area contributed by atoms with Crippen molar-refractivity contribution in [1.29, 1.82) is 0 Å². The van der Waals surface area contributed by atoms with Gasteiger partial charge >= 0.3 is 0 Å². The SMILES string of the molecule is CCc1c(-c2ccc(F)cc2)cnn1C. The molecule has 0 unspecified atom stereocenters. The van der Waals surface area contributed by atoms with Gasteiger partial charge in [-0.2, -0.15) is 5.10 Å². The van der Waals surface area contributed by atoms with Crippen LogP contribution >= 0.6 is 0 Å². The fourth-order valence-electron chi connectivity index (χ4n) is 1.75. The average molecular weight is 204 g/mol. The molecule has 0 aliphatic heterocycles. The zero-order valence-corrected chi connectivity index (χ0v) is 8.87. The van der Waals surface area contributed by atoms with E-state index in [1.54, 1.807) is 12.1 Å². The Labute approximate surface area is 88.4 Å². The molecule has 0 saturated heterocycles. The Kier molecular flexibility index (Phi) is 2.54. The van der Waals surface area contributed by atoms with Crippen molar-refractivity contribution in [2.24, 2.45) is 7.05 Å². The summed E-state index contributed by atoms with van der Waals surface area (Å²) in [5, 5.41) is 4.21. The summed E-state index contributed by atoms with van der Waals surface area (Å²) >= 11 is 0. The molecule has 2 rings (SSSR count). The highest BCUT2D eigenvalue weighted by molar-refractivity contribution is 5.65. The van der Waals surface area contributed by atoms with E-state index in [1.807, 2.05) is 17.9 Å². The minimum absolute atomic E-state index is 0.208. The number of rotatable bonds is 2. The number of aromatic nitrogens is 2.